The van der Waals surface area contributed by atoms with Gasteiger partial charge in [0.1, 0.15) is 0 Å². The molecule has 0 bridgehead atoms. The number of rotatable bonds is 38. The zero-order chi connectivity index (χ0) is 34.1. The first-order chi connectivity index (χ1) is 22.3. The normalized spacial score (nSPS) is 14.3. The van der Waals surface area contributed by atoms with Crippen LogP contribution in [0.25, 0.3) is 0 Å². The van der Waals surface area contributed by atoms with E-state index in [2.05, 4.69) is 34.6 Å². The summed E-state index contributed by atoms with van der Waals surface area (Å²) >= 11 is 0. The summed E-state index contributed by atoms with van der Waals surface area (Å²) in [4.78, 5) is 11.4. The van der Waals surface area contributed by atoms with Gasteiger partial charge in [-0.25, -0.2) is 0 Å². The first-order valence-electron chi connectivity index (χ1n) is 21.0. The van der Waals surface area contributed by atoms with Crippen molar-refractivity contribution in [3.63, 3.8) is 0 Å². The fraction of sp³-hybridized carbons (Fsp3) is 1.00. The Balaban J connectivity index is 5.67. The quantitative estimate of drug-likeness (QED) is 0.0517. The van der Waals surface area contributed by atoms with Crippen LogP contribution in [0.1, 0.15) is 227 Å². The van der Waals surface area contributed by atoms with Crippen molar-refractivity contribution in [2.24, 2.45) is 0 Å². The predicted octanol–water partition coefficient (Wildman–Crippen LogP) is 15.4. The van der Waals surface area contributed by atoms with E-state index in [1.807, 2.05) is 0 Å². The molecule has 0 aliphatic heterocycles. The number of phosphoric acid groups is 1. The Bertz CT molecular complexity index is 652. The van der Waals surface area contributed by atoms with Gasteiger partial charge in [-0.1, -0.05) is 13.3 Å². The molecular weight excluding hydrogens is 606 g/mol. The van der Waals surface area contributed by atoms with Crippen LogP contribution in [0, 0.1) is 0 Å². The molecule has 46 heavy (non-hydrogen) atoms. The Kier molecular flexibility index (Phi) is 31.9. The Morgan fingerprint density at radius 1 is 0.391 bits per heavy atom. The fourth-order valence-corrected chi connectivity index (χ4v) is 17.0. The van der Waals surface area contributed by atoms with Crippen LogP contribution in [0.2, 0.25) is 0 Å². The molecule has 0 amide bonds. The first-order valence-corrected chi connectivity index (χ1v) is 25.4. The van der Waals surface area contributed by atoms with Gasteiger partial charge in [0.15, 0.2) is 0 Å². The van der Waals surface area contributed by atoms with Crippen LogP contribution in [0.3, 0.4) is 0 Å². The summed E-state index contributed by atoms with van der Waals surface area (Å²) in [6, 6.07) is 0. The van der Waals surface area contributed by atoms with E-state index in [1.54, 1.807) is 0 Å². The topological polar surface area (TPSA) is 55.8 Å². The molecule has 280 valence electrons. The average molecular weight is 693 g/mol. The van der Waals surface area contributed by atoms with Crippen LogP contribution < -0.4 is 0 Å². The standard InChI is InChI=1S/C40H86O4P2/c1-6-11-16-21-23-24-25-26-27-28-30-35-40-46(37-32-18-13-8-3,38-33-19-14-9-4,39-34-20-15-10-5)44-45(41,42)43-36-31-29-22-17-12-7-2/h6-40H2,1-5H3,(H,41,42). The number of unbranched alkanes of at least 4 members (excludes halogenated alkanes) is 25. The fourth-order valence-electron chi connectivity index (χ4n) is 7.38. The maximum absolute atomic E-state index is 13.9. The van der Waals surface area contributed by atoms with Gasteiger partial charge in [-0.05, 0) is 0 Å². The van der Waals surface area contributed by atoms with Crippen molar-refractivity contribution in [3.05, 3.63) is 0 Å². The van der Waals surface area contributed by atoms with Gasteiger partial charge in [0.25, 0.3) is 0 Å². The molecule has 4 nitrogen and oxygen atoms in total. The zero-order valence-electron chi connectivity index (χ0n) is 32.3. The van der Waals surface area contributed by atoms with Crippen molar-refractivity contribution in [1.82, 2.24) is 0 Å². The van der Waals surface area contributed by atoms with E-state index < -0.39 is 14.7 Å². The third kappa shape index (κ3) is 25.5. The molecule has 0 aliphatic carbocycles. The first kappa shape index (κ1) is 46.5. The Labute approximate surface area is 290 Å². The Morgan fingerprint density at radius 3 is 0.935 bits per heavy atom. The van der Waals surface area contributed by atoms with E-state index in [9.17, 15) is 9.46 Å². The zero-order valence-corrected chi connectivity index (χ0v) is 34.1. The van der Waals surface area contributed by atoms with Crippen molar-refractivity contribution in [1.29, 1.82) is 0 Å². The third-order valence-corrected chi connectivity index (χ3v) is 19.4. The number of hydrogen-bond acceptors (Lipinski definition) is 3. The number of hydrogen-bond donors (Lipinski definition) is 1. The van der Waals surface area contributed by atoms with Crippen molar-refractivity contribution in [2.75, 3.05) is 31.3 Å². The molecule has 0 fully saturated rings. The van der Waals surface area contributed by atoms with Gasteiger partial charge >= 0.3 is 278 Å². The average Bonchev–Trinajstić information content (AvgIpc) is 3.04. The summed E-state index contributed by atoms with van der Waals surface area (Å²) < 4.78 is 26.7. The van der Waals surface area contributed by atoms with Crippen molar-refractivity contribution >= 4 is 14.7 Å². The second kappa shape index (κ2) is 31.5. The second-order valence-electron chi connectivity index (χ2n) is 15.0. The van der Waals surface area contributed by atoms with E-state index >= 15 is 0 Å². The van der Waals surface area contributed by atoms with Gasteiger partial charge in [-0.3, -0.25) is 0 Å². The van der Waals surface area contributed by atoms with Gasteiger partial charge < -0.3 is 0 Å². The van der Waals surface area contributed by atoms with Crippen LogP contribution in [0.5, 0.6) is 0 Å². The molecule has 1 atom stereocenters. The van der Waals surface area contributed by atoms with E-state index in [0.717, 1.165) is 63.2 Å². The van der Waals surface area contributed by atoms with Crippen LogP contribution >= 0.6 is 14.7 Å². The molecule has 6 heteroatoms. The molecular formula is C40H86O4P2. The summed E-state index contributed by atoms with van der Waals surface area (Å²) in [5, 5.41) is 0. The number of phosphoric ester groups is 1. The Morgan fingerprint density at radius 2 is 0.630 bits per heavy atom. The summed E-state index contributed by atoms with van der Waals surface area (Å²) in [7, 11) is -4.13. The SMILES string of the molecule is CCCCCCCCCCCCCCP(CCCCCC)(CCCCCC)(CCCCCC)OP(=O)(O)OCCCCCCCC. The maximum atomic E-state index is 13.9. The molecule has 0 rings (SSSR count). The van der Waals surface area contributed by atoms with Crippen LogP contribution in [-0.4, -0.2) is 36.1 Å². The molecule has 0 spiro atoms. The summed E-state index contributed by atoms with van der Waals surface area (Å²) in [5.74, 6) is 0. The molecule has 0 aliphatic rings. The van der Waals surface area contributed by atoms with E-state index in [0.29, 0.717) is 6.61 Å². The van der Waals surface area contributed by atoms with Crippen molar-refractivity contribution in [3.8, 4) is 0 Å². The van der Waals surface area contributed by atoms with Gasteiger partial charge in [-0.15, -0.1) is 0 Å². The van der Waals surface area contributed by atoms with Crippen molar-refractivity contribution < 1.29 is 18.3 Å². The molecule has 0 heterocycles. The summed E-state index contributed by atoms with van der Waals surface area (Å²) in [5.41, 5.74) is 0. The molecule has 0 saturated carbocycles. The van der Waals surface area contributed by atoms with Gasteiger partial charge in [0, 0.05) is 0 Å². The monoisotopic (exact) mass is 693 g/mol. The Hall–Kier alpha value is 0.540. The van der Waals surface area contributed by atoms with E-state index in [4.69, 9.17) is 8.83 Å². The molecule has 0 aromatic heterocycles. The predicted molar refractivity (Wildman–Crippen MR) is 210 cm³/mol. The molecule has 0 radical (unpaired) electrons. The summed E-state index contributed by atoms with van der Waals surface area (Å²) in [6.07, 6.45) is 41.3. The minimum absolute atomic E-state index is 0.340. The molecule has 0 saturated heterocycles. The third-order valence-electron chi connectivity index (χ3n) is 10.4. The molecule has 1 N–H and O–H groups in total. The van der Waals surface area contributed by atoms with E-state index in [-0.39, 0.29) is 0 Å². The van der Waals surface area contributed by atoms with Crippen LogP contribution in [0.4, 0.5) is 0 Å². The second-order valence-corrected chi connectivity index (χ2v) is 22.3. The van der Waals surface area contributed by atoms with Gasteiger partial charge in [0.2, 0.25) is 0 Å². The van der Waals surface area contributed by atoms with Crippen LogP contribution in [0.15, 0.2) is 0 Å². The molecule has 0 aromatic carbocycles. The van der Waals surface area contributed by atoms with E-state index in [1.165, 1.54) is 154 Å². The molecule has 1 unspecified atom stereocenters. The van der Waals surface area contributed by atoms with Crippen molar-refractivity contribution in [2.45, 2.75) is 227 Å². The van der Waals surface area contributed by atoms with Gasteiger partial charge in [0.05, 0.1) is 0 Å². The van der Waals surface area contributed by atoms with Crippen LogP contribution in [-0.2, 0) is 13.4 Å². The minimum atomic E-state index is -4.13. The van der Waals surface area contributed by atoms with Gasteiger partial charge in [-0.2, -0.15) is 0 Å². The molecule has 0 aromatic rings. The summed E-state index contributed by atoms with van der Waals surface area (Å²) in [6.45, 7) is 8.72.